The summed E-state index contributed by atoms with van der Waals surface area (Å²) in [6.45, 7) is 11.9. The summed E-state index contributed by atoms with van der Waals surface area (Å²) in [4.78, 5) is 4.32. The van der Waals surface area contributed by atoms with Gasteiger partial charge in [0, 0.05) is 12.4 Å². The molecule has 0 saturated heterocycles. The molecule has 2 rings (SSSR count). The Morgan fingerprint density at radius 3 is 1.79 bits per heavy atom. The van der Waals surface area contributed by atoms with Crippen molar-refractivity contribution >= 4 is 13.5 Å². The van der Waals surface area contributed by atoms with Gasteiger partial charge in [-0.3, -0.25) is 4.57 Å². The second kappa shape index (κ2) is 7.05. The summed E-state index contributed by atoms with van der Waals surface area (Å²) in [6, 6.07) is 1.70. The van der Waals surface area contributed by atoms with Crippen molar-refractivity contribution < 1.29 is 26.3 Å². The van der Waals surface area contributed by atoms with Crippen LogP contribution < -0.4 is 5.57 Å². The molecule has 2 aromatic rings. The van der Waals surface area contributed by atoms with Gasteiger partial charge in [0.15, 0.2) is 0 Å². The Bertz CT molecular complexity index is 824. The van der Waals surface area contributed by atoms with Crippen LogP contribution in [0, 0.1) is 0 Å². The van der Waals surface area contributed by atoms with Gasteiger partial charge in [0.25, 0.3) is 0 Å². The van der Waals surface area contributed by atoms with E-state index < -0.39 is 31.4 Å². The summed E-state index contributed by atoms with van der Waals surface area (Å²) in [5.41, 5.74) is -2.58. The van der Waals surface area contributed by atoms with Gasteiger partial charge in [0.05, 0.1) is 16.8 Å². The van der Waals surface area contributed by atoms with Gasteiger partial charge in [-0.25, -0.2) is 4.98 Å². The standard InChI is InChI=1S/C19H23F6N2P/c1-16(2,3)28(17(4,5)6)15-26-9-10-27(15)14-8-7-12(18(20,21)22)11-13(14)19(23,24)25/h7-11H,1-6H3. The van der Waals surface area contributed by atoms with Crippen LogP contribution in [0.25, 0.3) is 5.69 Å². The molecule has 0 amide bonds. The fourth-order valence-electron chi connectivity index (χ4n) is 3.40. The maximum absolute atomic E-state index is 13.6. The molecule has 0 aliphatic rings. The highest BCUT2D eigenvalue weighted by Crippen LogP contribution is 2.58. The fraction of sp³-hybridized carbons (Fsp3) is 0.526. The minimum absolute atomic E-state index is 0.162. The third-order valence-corrected chi connectivity index (χ3v) is 7.47. The lowest BCUT2D eigenvalue weighted by atomic mass is 10.1. The molecular weight excluding hydrogens is 401 g/mol. The van der Waals surface area contributed by atoms with Crippen molar-refractivity contribution in [2.45, 2.75) is 64.2 Å². The first-order valence-corrected chi connectivity index (χ1v) is 9.90. The lowest BCUT2D eigenvalue weighted by Gasteiger charge is -2.40. The average molecular weight is 424 g/mol. The molecule has 156 valence electrons. The highest BCUT2D eigenvalue weighted by Gasteiger charge is 2.42. The minimum Gasteiger partial charge on any atom is -0.299 e. The molecule has 9 heteroatoms. The number of hydrogen-bond donors (Lipinski definition) is 0. The Kier molecular flexibility index (Phi) is 5.72. The molecule has 0 atom stereocenters. The summed E-state index contributed by atoms with van der Waals surface area (Å²) in [5, 5.41) is -0.554. The molecule has 0 spiro atoms. The Balaban J connectivity index is 2.76. The van der Waals surface area contributed by atoms with E-state index in [2.05, 4.69) is 4.98 Å². The molecule has 0 N–H and O–H groups in total. The zero-order chi connectivity index (χ0) is 21.7. The summed E-state index contributed by atoms with van der Waals surface area (Å²) in [6.07, 6.45) is -7.04. The molecular formula is C19H23F6N2P. The van der Waals surface area contributed by atoms with Gasteiger partial charge >= 0.3 is 12.4 Å². The molecule has 1 aromatic carbocycles. The van der Waals surface area contributed by atoms with Crippen molar-refractivity contribution in [2.24, 2.45) is 0 Å². The van der Waals surface area contributed by atoms with Crippen LogP contribution in [0.15, 0.2) is 30.6 Å². The quantitative estimate of drug-likeness (QED) is 0.392. The maximum atomic E-state index is 13.6. The van der Waals surface area contributed by atoms with Gasteiger partial charge in [-0.1, -0.05) is 41.5 Å². The van der Waals surface area contributed by atoms with Crippen molar-refractivity contribution in [2.75, 3.05) is 0 Å². The van der Waals surface area contributed by atoms with Crippen molar-refractivity contribution in [1.29, 1.82) is 0 Å². The predicted molar refractivity (Wildman–Crippen MR) is 99.6 cm³/mol. The second-order valence-electron chi connectivity index (χ2n) is 8.50. The monoisotopic (exact) mass is 424 g/mol. The van der Waals surface area contributed by atoms with Crippen LogP contribution in [-0.2, 0) is 12.4 Å². The Hall–Kier alpha value is -1.56. The van der Waals surface area contributed by atoms with E-state index in [9.17, 15) is 26.3 Å². The number of nitrogens with zero attached hydrogens (tertiary/aromatic N) is 2. The zero-order valence-corrected chi connectivity index (χ0v) is 17.4. The Morgan fingerprint density at radius 1 is 0.821 bits per heavy atom. The molecule has 0 fully saturated rings. The van der Waals surface area contributed by atoms with E-state index in [-0.39, 0.29) is 22.1 Å². The largest absolute Gasteiger partial charge is 0.418 e. The van der Waals surface area contributed by atoms with Crippen LogP contribution >= 0.6 is 7.92 Å². The van der Waals surface area contributed by atoms with Gasteiger partial charge in [-0.15, -0.1) is 0 Å². The van der Waals surface area contributed by atoms with Gasteiger partial charge < -0.3 is 0 Å². The van der Waals surface area contributed by atoms with Crippen LogP contribution in [0.1, 0.15) is 52.7 Å². The van der Waals surface area contributed by atoms with Crippen molar-refractivity contribution in [3.8, 4) is 5.69 Å². The normalized spacial score (nSPS) is 14.0. The van der Waals surface area contributed by atoms with Crippen LogP contribution in [0.5, 0.6) is 0 Å². The van der Waals surface area contributed by atoms with Crippen LogP contribution in [0.2, 0.25) is 0 Å². The van der Waals surface area contributed by atoms with Gasteiger partial charge in [0.2, 0.25) is 0 Å². The fourth-order valence-corrected chi connectivity index (χ4v) is 7.19. The topological polar surface area (TPSA) is 17.8 Å². The number of halogens is 6. The van der Waals surface area contributed by atoms with E-state index >= 15 is 0 Å². The Morgan fingerprint density at radius 2 is 1.36 bits per heavy atom. The van der Waals surface area contributed by atoms with E-state index in [1.54, 1.807) is 0 Å². The predicted octanol–water partition coefficient (Wildman–Crippen LogP) is 6.61. The van der Waals surface area contributed by atoms with E-state index in [0.717, 1.165) is 6.07 Å². The second-order valence-corrected chi connectivity index (χ2v) is 12.3. The average Bonchev–Trinajstić information content (AvgIpc) is 2.90. The summed E-state index contributed by atoms with van der Waals surface area (Å²) < 4.78 is 81.0. The molecule has 0 aliphatic heterocycles. The van der Waals surface area contributed by atoms with Crippen molar-refractivity contribution in [3.05, 3.63) is 41.7 Å². The van der Waals surface area contributed by atoms with Crippen LogP contribution in [0.3, 0.4) is 0 Å². The van der Waals surface area contributed by atoms with Crippen LogP contribution in [-0.4, -0.2) is 19.9 Å². The molecule has 28 heavy (non-hydrogen) atoms. The first-order valence-electron chi connectivity index (χ1n) is 8.56. The molecule has 0 aliphatic carbocycles. The number of alkyl halides is 6. The molecule has 1 heterocycles. The van der Waals surface area contributed by atoms with E-state index in [1.807, 2.05) is 41.5 Å². The number of hydrogen-bond acceptors (Lipinski definition) is 1. The molecule has 0 radical (unpaired) electrons. The molecule has 0 bridgehead atoms. The van der Waals surface area contributed by atoms with Crippen molar-refractivity contribution in [3.63, 3.8) is 0 Å². The molecule has 0 unspecified atom stereocenters. The van der Waals surface area contributed by atoms with Gasteiger partial charge in [-0.05, 0) is 36.4 Å². The summed E-state index contributed by atoms with van der Waals surface area (Å²) >= 11 is 0. The highest BCUT2D eigenvalue weighted by molar-refractivity contribution is 7.68. The number of rotatable bonds is 2. The highest BCUT2D eigenvalue weighted by atomic mass is 31.1. The minimum atomic E-state index is -4.94. The maximum Gasteiger partial charge on any atom is 0.418 e. The third-order valence-electron chi connectivity index (χ3n) is 4.05. The third kappa shape index (κ3) is 4.70. The first-order chi connectivity index (χ1) is 12.4. The number of aromatic nitrogens is 2. The summed E-state index contributed by atoms with van der Waals surface area (Å²) in [5.74, 6) is 0. The zero-order valence-electron chi connectivity index (χ0n) is 16.5. The molecule has 2 nitrogen and oxygen atoms in total. The first kappa shape index (κ1) is 22.7. The SMILES string of the molecule is CC(C)(C)P(c1nccn1-c1ccc(C(F)(F)F)cc1C(F)(F)F)C(C)(C)C. The Labute approximate surface area is 161 Å². The van der Waals surface area contributed by atoms with Gasteiger partial charge in [0.1, 0.15) is 5.57 Å². The van der Waals surface area contributed by atoms with E-state index in [4.69, 9.17) is 0 Å². The van der Waals surface area contributed by atoms with Crippen molar-refractivity contribution in [1.82, 2.24) is 9.55 Å². The molecule has 0 saturated carbocycles. The van der Waals surface area contributed by atoms with E-state index in [0.29, 0.717) is 11.6 Å². The lowest BCUT2D eigenvalue weighted by molar-refractivity contribution is -0.143. The van der Waals surface area contributed by atoms with Crippen LogP contribution in [0.4, 0.5) is 26.3 Å². The molecule has 1 aromatic heterocycles. The summed E-state index contributed by atoms with van der Waals surface area (Å²) in [7, 11) is -1.06. The number of benzene rings is 1. The van der Waals surface area contributed by atoms with E-state index in [1.165, 1.54) is 17.0 Å². The smallest absolute Gasteiger partial charge is 0.299 e. The van der Waals surface area contributed by atoms with Gasteiger partial charge in [-0.2, -0.15) is 26.3 Å². The number of imidazole rings is 1. The lowest BCUT2D eigenvalue weighted by Crippen LogP contribution is -2.35.